The molecule has 5 nitrogen and oxygen atoms in total. The topological polar surface area (TPSA) is 82.4 Å². The molecule has 0 saturated carbocycles. The Kier molecular flexibility index (Phi) is 5.00. The smallest absolute Gasteiger partial charge is 0.255 e. The van der Waals surface area contributed by atoms with Gasteiger partial charge in [-0.25, -0.2) is 0 Å². The molecule has 0 heterocycles. The van der Waals surface area contributed by atoms with Crippen molar-refractivity contribution in [1.29, 1.82) is 5.26 Å². The third kappa shape index (κ3) is 3.39. The molecule has 0 bridgehead atoms. The molecule has 1 aromatic rings. The minimum Gasteiger partial charge on any atom is -0.507 e. The van der Waals surface area contributed by atoms with Gasteiger partial charge in [-0.15, -0.1) is 0 Å². The summed E-state index contributed by atoms with van der Waals surface area (Å²) in [5, 5.41) is 21.0. The molecule has 18 heavy (non-hydrogen) atoms. The van der Waals surface area contributed by atoms with Crippen LogP contribution in [0.2, 0.25) is 0 Å². The maximum absolute atomic E-state index is 11.9. The largest absolute Gasteiger partial charge is 0.507 e. The maximum Gasteiger partial charge on any atom is 0.255 e. The zero-order valence-electron chi connectivity index (χ0n) is 10.4. The van der Waals surface area contributed by atoms with Gasteiger partial charge >= 0.3 is 0 Å². The monoisotopic (exact) mass is 248 g/mol. The van der Waals surface area contributed by atoms with Crippen molar-refractivity contribution in [2.24, 2.45) is 0 Å². The average Bonchev–Trinajstić information content (AvgIpc) is 2.37. The third-order valence-electron chi connectivity index (χ3n) is 2.62. The summed E-state index contributed by atoms with van der Waals surface area (Å²) < 4.78 is 4.94. The van der Waals surface area contributed by atoms with E-state index in [1.807, 2.05) is 13.0 Å². The zero-order chi connectivity index (χ0) is 13.5. The van der Waals surface area contributed by atoms with E-state index >= 15 is 0 Å². The average molecular weight is 248 g/mol. The first-order chi connectivity index (χ1) is 8.62. The van der Waals surface area contributed by atoms with Gasteiger partial charge in [0.1, 0.15) is 11.5 Å². The second-order valence-electron chi connectivity index (χ2n) is 3.82. The Bertz CT molecular complexity index is 466. The van der Waals surface area contributed by atoms with Crippen LogP contribution < -0.4 is 10.1 Å². The number of nitrogens with zero attached hydrogens (tertiary/aromatic N) is 1. The molecule has 1 unspecified atom stereocenters. The van der Waals surface area contributed by atoms with Crippen molar-refractivity contribution in [2.45, 2.75) is 25.8 Å². The predicted molar refractivity (Wildman–Crippen MR) is 66.4 cm³/mol. The summed E-state index contributed by atoms with van der Waals surface area (Å²) in [6.07, 6.45) is 0.912. The van der Waals surface area contributed by atoms with Crippen LogP contribution in [0.25, 0.3) is 0 Å². The van der Waals surface area contributed by atoms with Gasteiger partial charge in [-0.1, -0.05) is 6.92 Å². The molecule has 96 valence electrons. The quantitative estimate of drug-likeness (QED) is 0.832. The number of phenolic OH excluding ortho intramolecular Hbond substituents is 1. The first kappa shape index (κ1) is 13.8. The number of rotatable bonds is 5. The molecule has 1 amide bonds. The Morgan fingerprint density at radius 3 is 2.83 bits per heavy atom. The highest BCUT2D eigenvalue weighted by atomic mass is 16.5. The first-order valence-corrected chi connectivity index (χ1v) is 5.67. The zero-order valence-corrected chi connectivity index (χ0v) is 10.4. The lowest BCUT2D eigenvalue weighted by Crippen LogP contribution is -2.34. The highest BCUT2D eigenvalue weighted by Crippen LogP contribution is 2.23. The lowest BCUT2D eigenvalue weighted by atomic mass is 10.1. The molecular weight excluding hydrogens is 232 g/mol. The van der Waals surface area contributed by atoms with E-state index in [0.29, 0.717) is 12.2 Å². The summed E-state index contributed by atoms with van der Waals surface area (Å²) in [5.74, 6) is -0.0518. The SMILES string of the molecule is CCC(CC#N)NC(=O)c1ccc(OC)cc1O. The number of nitriles is 1. The Balaban J connectivity index is 2.81. The van der Waals surface area contributed by atoms with Gasteiger partial charge < -0.3 is 15.2 Å². The Morgan fingerprint density at radius 2 is 2.33 bits per heavy atom. The highest BCUT2D eigenvalue weighted by Gasteiger charge is 2.15. The Morgan fingerprint density at radius 1 is 1.61 bits per heavy atom. The van der Waals surface area contributed by atoms with Crippen LogP contribution in [0.3, 0.4) is 0 Å². The summed E-state index contributed by atoms with van der Waals surface area (Å²) in [4.78, 5) is 11.9. The number of aromatic hydroxyl groups is 1. The maximum atomic E-state index is 11.9. The van der Waals surface area contributed by atoms with Crippen molar-refractivity contribution in [3.63, 3.8) is 0 Å². The first-order valence-electron chi connectivity index (χ1n) is 5.67. The van der Waals surface area contributed by atoms with Gasteiger partial charge in [0.2, 0.25) is 0 Å². The molecule has 0 spiro atoms. The predicted octanol–water partition coefficient (Wildman–Crippen LogP) is 1.82. The van der Waals surface area contributed by atoms with Crippen molar-refractivity contribution in [3.8, 4) is 17.6 Å². The molecule has 0 aromatic heterocycles. The summed E-state index contributed by atoms with van der Waals surface area (Å²) >= 11 is 0. The minimum absolute atomic E-state index is 0.140. The van der Waals surface area contributed by atoms with Gasteiger partial charge in [0.05, 0.1) is 25.2 Å². The van der Waals surface area contributed by atoms with Crippen LogP contribution in [0.15, 0.2) is 18.2 Å². The Hall–Kier alpha value is -2.22. The van der Waals surface area contributed by atoms with Crippen LogP contribution in [0.5, 0.6) is 11.5 Å². The molecule has 1 atom stereocenters. The summed E-state index contributed by atoms with van der Waals surface area (Å²) in [6, 6.07) is 6.27. The number of carbonyl (C=O) groups is 1. The molecule has 1 rings (SSSR count). The second-order valence-corrected chi connectivity index (χ2v) is 3.82. The number of hydrogen-bond acceptors (Lipinski definition) is 4. The standard InChI is InChI=1S/C13H16N2O3/c1-3-9(6-7-14)15-13(17)11-5-4-10(18-2)8-12(11)16/h4-5,8-9,16H,3,6H2,1-2H3,(H,15,17). The van der Waals surface area contributed by atoms with Crippen LogP contribution in [0.1, 0.15) is 30.1 Å². The van der Waals surface area contributed by atoms with E-state index < -0.39 is 5.91 Å². The Labute approximate surface area is 106 Å². The summed E-state index contributed by atoms with van der Waals surface area (Å²) in [6.45, 7) is 1.89. The summed E-state index contributed by atoms with van der Waals surface area (Å²) in [7, 11) is 1.48. The van der Waals surface area contributed by atoms with Crippen molar-refractivity contribution < 1.29 is 14.6 Å². The minimum atomic E-state index is -0.391. The normalized spacial score (nSPS) is 11.4. The molecule has 2 N–H and O–H groups in total. The molecular formula is C13H16N2O3. The van der Waals surface area contributed by atoms with Crippen molar-refractivity contribution >= 4 is 5.91 Å². The van der Waals surface area contributed by atoms with E-state index in [1.54, 1.807) is 6.07 Å². The van der Waals surface area contributed by atoms with Gasteiger partial charge in [-0.2, -0.15) is 5.26 Å². The van der Waals surface area contributed by atoms with E-state index in [-0.39, 0.29) is 23.8 Å². The number of carbonyl (C=O) groups excluding carboxylic acids is 1. The second kappa shape index (κ2) is 6.50. The van der Waals surface area contributed by atoms with Crippen LogP contribution >= 0.6 is 0 Å². The van der Waals surface area contributed by atoms with Crippen molar-refractivity contribution in [1.82, 2.24) is 5.32 Å². The van der Waals surface area contributed by atoms with Gasteiger partial charge in [0.15, 0.2) is 0 Å². The molecule has 0 aliphatic carbocycles. The van der Waals surface area contributed by atoms with Gasteiger partial charge in [0.25, 0.3) is 5.91 Å². The number of nitrogens with one attached hydrogen (secondary N) is 1. The molecule has 0 radical (unpaired) electrons. The lowest BCUT2D eigenvalue weighted by molar-refractivity contribution is 0.0934. The number of amides is 1. The highest BCUT2D eigenvalue weighted by molar-refractivity contribution is 5.97. The van der Waals surface area contributed by atoms with E-state index in [4.69, 9.17) is 10.00 Å². The van der Waals surface area contributed by atoms with Crippen LogP contribution in [0.4, 0.5) is 0 Å². The number of hydrogen-bond donors (Lipinski definition) is 2. The van der Waals surface area contributed by atoms with E-state index in [1.165, 1.54) is 19.2 Å². The lowest BCUT2D eigenvalue weighted by Gasteiger charge is -2.14. The molecule has 1 aromatic carbocycles. The number of phenols is 1. The number of benzene rings is 1. The number of ether oxygens (including phenoxy) is 1. The van der Waals surface area contributed by atoms with Crippen LogP contribution in [-0.4, -0.2) is 24.2 Å². The summed E-state index contributed by atoms with van der Waals surface area (Å²) in [5.41, 5.74) is 0.173. The molecule has 0 aliphatic rings. The van der Waals surface area contributed by atoms with Crippen molar-refractivity contribution in [3.05, 3.63) is 23.8 Å². The van der Waals surface area contributed by atoms with E-state index in [2.05, 4.69) is 5.32 Å². The number of methoxy groups -OCH3 is 1. The molecule has 0 saturated heterocycles. The van der Waals surface area contributed by atoms with E-state index in [9.17, 15) is 9.90 Å². The van der Waals surface area contributed by atoms with Crippen molar-refractivity contribution in [2.75, 3.05) is 7.11 Å². The van der Waals surface area contributed by atoms with Gasteiger partial charge in [-0.3, -0.25) is 4.79 Å². The van der Waals surface area contributed by atoms with Gasteiger partial charge in [-0.05, 0) is 18.6 Å². The van der Waals surface area contributed by atoms with E-state index in [0.717, 1.165) is 0 Å². The van der Waals surface area contributed by atoms with Crippen LogP contribution in [-0.2, 0) is 0 Å². The fourth-order valence-electron chi connectivity index (χ4n) is 1.50. The molecule has 0 aliphatic heterocycles. The fraction of sp³-hybridized carbons (Fsp3) is 0.385. The third-order valence-corrected chi connectivity index (χ3v) is 2.62. The molecule has 0 fully saturated rings. The van der Waals surface area contributed by atoms with Gasteiger partial charge in [0, 0.05) is 12.1 Å². The molecule has 5 heteroatoms. The fourth-order valence-corrected chi connectivity index (χ4v) is 1.50. The van der Waals surface area contributed by atoms with Crippen LogP contribution in [0, 0.1) is 11.3 Å².